The summed E-state index contributed by atoms with van der Waals surface area (Å²) in [5.74, 6) is 1.83. The summed E-state index contributed by atoms with van der Waals surface area (Å²) in [7, 11) is 0. The Balaban J connectivity index is 1.46. The highest BCUT2D eigenvalue weighted by atomic mass is 32.2. The van der Waals surface area contributed by atoms with Crippen molar-refractivity contribution in [2.75, 3.05) is 0 Å². The fourth-order valence-corrected chi connectivity index (χ4v) is 4.37. The molecule has 0 radical (unpaired) electrons. The van der Waals surface area contributed by atoms with E-state index in [0.29, 0.717) is 24.6 Å². The molecule has 134 valence electrons. The predicted molar refractivity (Wildman–Crippen MR) is 101 cm³/mol. The molecule has 0 bridgehead atoms. The van der Waals surface area contributed by atoms with Crippen molar-refractivity contribution in [1.29, 1.82) is 0 Å². The van der Waals surface area contributed by atoms with Gasteiger partial charge in [-0.25, -0.2) is 4.98 Å². The van der Waals surface area contributed by atoms with Crippen molar-refractivity contribution in [2.45, 2.75) is 42.6 Å². The standard InChI is InChI=1S/C17H18N6OS2/c18-14(24)6-8-23-15(11-4-5-11)21-22-17(23)26-10-12-9-25-16(20-12)13-3-1-2-7-19-13/h1-3,7,9,11H,4-6,8,10H2,(H2,18,24). The number of amides is 1. The number of nitrogens with two attached hydrogens (primary N) is 1. The highest BCUT2D eigenvalue weighted by molar-refractivity contribution is 7.98. The van der Waals surface area contributed by atoms with Crippen molar-refractivity contribution in [2.24, 2.45) is 5.73 Å². The van der Waals surface area contributed by atoms with Crippen LogP contribution < -0.4 is 5.73 Å². The number of carbonyl (C=O) groups is 1. The molecule has 0 unspecified atom stereocenters. The molecule has 0 aliphatic heterocycles. The molecule has 9 heteroatoms. The number of carbonyl (C=O) groups excluding carboxylic acids is 1. The maximum atomic E-state index is 11.2. The molecule has 2 N–H and O–H groups in total. The zero-order valence-corrected chi connectivity index (χ0v) is 15.7. The van der Waals surface area contributed by atoms with Gasteiger partial charge in [0.25, 0.3) is 0 Å². The zero-order chi connectivity index (χ0) is 17.9. The summed E-state index contributed by atoms with van der Waals surface area (Å²) in [6.07, 6.45) is 4.34. The molecule has 7 nitrogen and oxygen atoms in total. The Hall–Kier alpha value is -2.26. The van der Waals surface area contributed by atoms with E-state index in [0.717, 1.165) is 40.2 Å². The van der Waals surface area contributed by atoms with E-state index >= 15 is 0 Å². The maximum absolute atomic E-state index is 11.2. The number of hydrogen-bond donors (Lipinski definition) is 1. The Morgan fingerprint density at radius 3 is 2.96 bits per heavy atom. The molecule has 0 saturated heterocycles. The summed E-state index contributed by atoms with van der Waals surface area (Å²) in [6.45, 7) is 0.534. The quantitative estimate of drug-likeness (QED) is 0.598. The normalized spacial score (nSPS) is 13.8. The molecule has 1 amide bonds. The summed E-state index contributed by atoms with van der Waals surface area (Å²) in [4.78, 5) is 20.2. The Morgan fingerprint density at radius 2 is 2.23 bits per heavy atom. The van der Waals surface area contributed by atoms with Gasteiger partial charge in [0.2, 0.25) is 5.91 Å². The number of primary amides is 1. The van der Waals surface area contributed by atoms with Gasteiger partial charge in [-0.3, -0.25) is 9.78 Å². The second-order valence-electron chi connectivity index (χ2n) is 6.13. The first-order valence-electron chi connectivity index (χ1n) is 8.40. The van der Waals surface area contributed by atoms with E-state index in [1.54, 1.807) is 29.3 Å². The number of thiazole rings is 1. The van der Waals surface area contributed by atoms with Crippen LogP contribution in [0.4, 0.5) is 0 Å². The second kappa shape index (κ2) is 7.55. The molecular formula is C17H18N6OS2. The molecule has 4 rings (SSSR count). The predicted octanol–water partition coefficient (Wildman–Crippen LogP) is 2.84. The molecule has 0 spiro atoms. The van der Waals surface area contributed by atoms with Crippen LogP contribution in [0.5, 0.6) is 0 Å². The number of rotatable bonds is 8. The average Bonchev–Trinajstić information content (AvgIpc) is 3.24. The average molecular weight is 387 g/mol. The second-order valence-corrected chi connectivity index (χ2v) is 7.93. The van der Waals surface area contributed by atoms with E-state index in [-0.39, 0.29) is 5.91 Å². The summed E-state index contributed by atoms with van der Waals surface area (Å²) in [6, 6.07) is 5.81. The van der Waals surface area contributed by atoms with Crippen molar-refractivity contribution in [3.63, 3.8) is 0 Å². The molecule has 0 atom stereocenters. The minimum atomic E-state index is -0.309. The summed E-state index contributed by atoms with van der Waals surface area (Å²) in [5.41, 5.74) is 7.18. The molecule has 26 heavy (non-hydrogen) atoms. The van der Waals surface area contributed by atoms with Gasteiger partial charge in [-0.15, -0.1) is 21.5 Å². The molecule has 1 aliphatic carbocycles. The SMILES string of the molecule is NC(=O)CCn1c(SCc2csc(-c3ccccn3)n2)nnc1C1CC1. The smallest absolute Gasteiger partial charge is 0.219 e. The van der Waals surface area contributed by atoms with Crippen molar-refractivity contribution in [1.82, 2.24) is 24.7 Å². The van der Waals surface area contributed by atoms with Crippen LogP contribution in [0.25, 0.3) is 10.7 Å². The lowest BCUT2D eigenvalue weighted by Crippen LogP contribution is -2.15. The third kappa shape index (κ3) is 3.94. The van der Waals surface area contributed by atoms with Crippen LogP contribution in [0.2, 0.25) is 0 Å². The van der Waals surface area contributed by atoms with E-state index in [4.69, 9.17) is 5.73 Å². The van der Waals surface area contributed by atoms with Gasteiger partial charge in [0.15, 0.2) is 5.16 Å². The van der Waals surface area contributed by atoms with Gasteiger partial charge >= 0.3 is 0 Å². The van der Waals surface area contributed by atoms with Gasteiger partial charge in [0, 0.05) is 36.2 Å². The van der Waals surface area contributed by atoms with Gasteiger partial charge in [-0.1, -0.05) is 17.8 Å². The largest absolute Gasteiger partial charge is 0.370 e. The van der Waals surface area contributed by atoms with E-state index in [2.05, 4.69) is 20.2 Å². The number of nitrogens with zero attached hydrogens (tertiary/aromatic N) is 5. The maximum Gasteiger partial charge on any atom is 0.219 e. The Labute approximate surface area is 159 Å². The lowest BCUT2D eigenvalue weighted by Gasteiger charge is -2.08. The van der Waals surface area contributed by atoms with Gasteiger partial charge in [0.1, 0.15) is 10.8 Å². The number of aromatic nitrogens is 5. The zero-order valence-electron chi connectivity index (χ0n) is 14.0. The lowest BCUT2D eigenvalue weighted by molar-refractivity contribution is -0.118. The van der Waals surface area contributed by atoms with Crippen molar-refractivity contribution >= 4 is 29.0 Å². The lowest BCUT2D eigenvalue weighted by atomic mass is 10.3. The Bertz CT molecular complexity index is 903. The first kappa shape index (κ1) is 17.2. The monoisotopic (exact) mass is 386 g/mol. The minimum absolute atomic E-state index is 0.297. The van der Waals surface area contributed by atoms with Gasteiger partial charge < -0.3 is 10.3 Å². The molecule has 3 aromatic rings. The third-order valence-corrected chi connectivity index (χ3v) is 5.97. The molecule has 3 aromatic heterocycles. The number of hydrogen-bond acceptors (Lipinski definition) is 7. The minimum Gasteiger partial charge on any atom is -0.370 e. The van der Waals surface area contributed by atoms with Gasteiger partial charge in [-0.2, -0.15) is 0 Å². The molecule has 1 saturated carbocycles. The Kier molecular flexibility index (Phi) is 4.98. The van der Waals surface area contributed by atoms with Crippen LogP contribution in [-0.2, 0) is 17.1 Å². The first-order chi connectivity index (χ1) is 12.7. The number of pyridine rings is 1. The summed E-state index contributed by atoms with van der Waals surface area (Å²) in [5, 5.41) is 12.4. The van der Waals surface area contributed by atoms with Gasteiger partial charge in [-0.05, 0) is 25.0 Å². The van der Waals surface area contributed by atoms with Crippen molar-refractivity contribution in [3.05, 3.63) is 41.3 Å². The van der Waals surface area contributed by atoms with E-state index in [1.807, 2.05) is 28.1 Å². The summed E-state index contributed by atoms with van der Waals surface area (Å²) < 4.78 is 2.04. The van der Waals surface area contributed by atoms with E-state index < -0.39 is 0 Å². The molecular weight excluding hydrogens is 368 g/mol. The molecule has 0 aromatic carbocycles. The van der Waals surface area contributed by atoms with E-state index in [9.17, 15) is 4.79 Å². The van der Waals surface area contributed by atoms with Gasteiger partial charge in [0.05, 0.1) is 11.4 Å². The fourth-order valence-electron chi connectivity index (χ4n) is 2.60. The van der Waals surface area contributed by atoms with Crippen LogP contribution in [-0.4, -0.2) is 30.6 Å². The van der Waals surface area contributed by atoms with Crippen LogP contribution in [0.1, 0.15) is 36.7 Å². The van der Waals surface area contributed by atoms with Crippen LogP contribution in [0.3, 0.4) is 0 Å². The van der Waals surface area contributed by atoms with Crippen molar-refractivity contribution < 1.29 is 4.79 Å². The third-order valence-electron chi connectivity index (χ3n) is 4.05. The highest BCUT2D eigenvalue weighted by Crippen LogP contribution is 2.40. The van der Waals surface area contributed by atoms with Crippen molar-refractivity contribution in [3.8, 4) is 10.7 Å². The Morgan fingerprint density at radius 1 is 1.35 bits per heavy atom. The summed E-state index contributed by atoms with van der Waals surface area (Å²) >= 11 is 3.17. The van der Waals surface area contributed by atoms with Crippen LogP contribution >= 0.6 is 23.1 Å². The van der Waals surface area contributed by atoms with Crippen LogP contribution in [0, 0.1) is 0 Å². The first-order valence-corrected chi connectivity index (χ1v) is 10.3. The topological polar surface area (TPSA) is 99.6 Å². The highest BCUT2D eigenvalue weighted by Gasteiger charge is 2.30. The molecule has 3 heterocycles. The fraction of sp³-hybridized carbons (Fsp3) is 0.353. The number of thioether (sulfide) groups is 1. The van der Waals surface area contributed by atoms with E-state index in [1.165, 1.54) is 0 Å². The molecule has 1 aliphatic rings. The van der Waals surface area contributed by atoms with Crippen LogP contribution in [0.15, 0.2) is 34.9 Å². The molecule has 1 fully saturated rings.